The number of esters is 1. The monoisotopic (exact) mass is 470 g/mol. The Bertz CT molecular complexity index is 907. The zero-order chi connectivity index (χ0) is 25.0. The summed E-state index contributed by atoms with van der Waals surface area (Å²) in [5, 5.41) is 13.4. The van der Waals surface area contributed by atoms with Gasteiger partial charge < -0.3 is 20.1 Å². The molecule has 0 unspecified atom stereocenters. The standard InChI is InChI=1S/C27H38N2O5/c1-6-18-13-14-20-22(21(18)26(33)34-7-2)25(32)29(23(20)24(31)28-27(3,4)5)19(16-30)15-17-11-9-8-10-12-17/h8-14,18-23,30H,6-7,15-16H2,1-5H3,(H,28,31)/t18-,19-,20+,21-,22+,23+/m1/s1. The number of nitrogens with one attached hydrogen (secondary N) is 1. The molecule has 186 valence electrons. The van der Waals surface area contributed by atoms with Crippen LogP contribution in [0.1, 0.15) is 46.6 Å². The number of benzene rings is 1. The zero-order valence-electron chi connectivity index (χ0n) is 20.9. The van der Waals surface area contributed by atoms with Crippen LogP contribution in [0.2, 0.25) is 0 Å². The Morgan fingerprint density at radius 3 is 2.38 bits per heavy atom. The summed E-state index contributed by atoms with van der Waals surface area (Å²) in [6.07, 6.45) is 4.98. The summed E-state index contributed by atoms with van der Waals surface area (Å²) in [6.45, 7) is 9.34. The van der Waals surface area contributed by atoms with E-state index in [4.69, 9.17) is 4.74 Å². The molecule has 0 aromatic heterocycles. The van der Waals surface area contributed by atoms with Gasteiger partial charge in [-0.15, -0.1) is 0 Å². The lowest BCUT2D eigenvalue weighted by Crippen LogP contribution is -2.56. The van der Waals surface area contributed by atoms with Crippen molar-refractivity contribution in [1.82, 2.24) is 10.2 Å². The van der Waals surface area contributed by atoms with E-state index >= 15 is 0 Å². The number of carbonyl (C=O) groups excluding carboxylic acids is 3. The third-order valence-electron chi connectivity index (χ3n) is 6.76. The highest BCUT2D eigenvalue weighted by atomic mass is 16.5. The van der Waals surface area contributed by atoms with Gasteiger partial charge in [0.1, 0.15) is 6.04 Å². The topological polar surface area (TPSA) is 95.9 Å². The van der Waals surface area contributed by atoms with Crippen molar-refractivity contribution in [2.24, 2.45) is 23.7 Å². The van der Waals surface area contributed by atoms with Gasteiger partial charge in [-0.2, -0.15) is 0 Å². The predicted molar refractivity (Wildman–Crippen MR) is 130 cm³/mol. The lowest BCUT2D eigenvalue weighted by Gasteiger charge is -2.35. The minimum atomic E-state index is -0.816. The molecule has 1 aromatic carbocycles. The molecule has 0 radical (unpaired) electrons. The van der Waals surface area contributed by atoms with Crippen LogP contribution in [0, 0.1) is 23.7 Å². The zero-order valence-corrected chi connectivity index (χ0v) is 20.9. The summed E-state index contributed by atoms with van der Waals surface area (Å²) >= 11 is 0. The Morgan fingerprint density at radius 1 is 1.15 bits per heavy atom. The highest BCUT2D eigenvalue weighted by Crippen LogP contribution is 2.46. The van der Waals surface area contributed by atoms with Gasteiger partial charge in [-0.05, 0) is 52.0 Å². The lowest BCUT2D eigenvalue weighted by molar-refractivity contribution is -0.156. The molecular formula is C27H38N2O5. The van der Waals surface area contributed by atoms with Crippen LogP contribution in [-0.4, -0.2) is 58.6 Å². The number of carbonyl (C=O) groups is 3. The second-order valence-corrected chi connectivity index (χ2v) is 10.3. The minimum Gasteiger partial charge on any atom is -0.466 e. The number of fused-ring (bicyclic) bond motifs is 1. The van der Waals surface area contributed by atoms with Gasteiger partial charge in [-0.25, -0.2) is 0 Å². The quantitative estimate of drug-likeness (QED) is 0.450. The van der Waals surface area contributed by atoms with Crippen molar-refractivity contribution < 1.29 is 24.2 Å². The molecule has 1 aliphatic heterocycles. The van der Waals surface area contributed by atoms with Crippen LogP contribution >= 0.6 is 0 Å². The van der Waals surface area contributed by atoms with Crippen LogP contribution in [-0.2, 0) is 25.5 Å². The molecule has 1 heterocycles. The first-order valence-electron chi connectivity index (χ1n) is 12.3. The van der Waals surface area contributed by atoms with Crippen LogP contribution in [0.15, 0.2) is 42.5 Å². The van der Waals surface area contributed by atoms with E-state index in [0.717, 1.165) is 5.56 Å². The van der Waals surface area contributed by atoms with Crippen LogP contribution < -0.4 is 5.32 Å². The Hall–Kier alpha value is -2.67. The third-order valence-corrected chi connectivity index (χ3v) is 6.76. The Balaban J connectivity index is 2.05. The van der Waals surface area contributed by atoms with Crippen LogP contribution in [0.5, 0.6) is 0 Å². The van der Waals surface area contributed by atoms with Crippen molar-refractivity contribution >= 4 is 17.8 Å². The number of amides is 2. The van der Waals surface area contributed by atoms with Gasteiger partial charge in [-0.1, -0.05) is 49.4 Å². The van der Waals surface area contributed by atoms with E-state index in [1.807, 2.05) is 70.2 Å². The van der Waals surface area contributed by atoms with Gasteiger partial charge >= 0.3 is 5.97 Å². The number of nitrogens with zero attached hydrogens (tertiary/aromatic N) is 1. The van der Waals surface area contributed by atoms with Crippen molar-refractivity contribution in [2.75, 3.05) is 13.2 Å². The van der Waals surface area contributed by atoms with Crippen molar-refractivity contribution in [1.29, 1.82) is 0 Å². The number of aliphatic hydroxyl groups is 1. The molecule has 0 bridgehead atoms. The summed E-state index contributed by atoms with van der Waals surface area (Å²) < 4.78 is 5.37. The number of hydrogen-bond acceptors (Lipinski definition) is 5. The highest BCUT2D eigenvalue weighted by molar-refractivity contribution is 5.96. The lowest BCUT2D eigenvalue weighted by atomic mass is 9.69. The first-order chi connectivity index (χ1) is 16.1. The number of allylic oxidation sites excluding steroid dienone is 1. The van der Waals surface area contributed by atoms with Gasteiger partial charge in [-0.3, -0.25) is 14.4 Å². The summed E-state index contributed by atoms with van der Waals surface area (Å²) in [5.74, 6) is -2.92. The first kappa shape index (κ1) is 25.9. The average Bonchev–Trinajstić information content (AvgIpc) is 3.09. The van der Waals surface area contributed by atoms with E-state index in [1.54, 1.807) is 6.92 Å². The minimum absolute atomic E-state index is 0.141. The molecule has 1 fully saturated rings. The molecule has 34 heavy (non-hydrogen) atoms. The molecule has 0 saturated carbocycles. The number of likely N-dealkylation sites (tertiary alicyclic amines) is 1. The van der Waals surface area contributed by atoms with E-state index in [2.05, 4.69) is 5.32 Å². The van der Waals surface area contributed by atoms with Gasteiger partial charge in [0.2, 0.25) is 11.8 Å². The fourth-order valence-corrected chi connectivity index (χ4v) is 5.37. The normalized spacial score (nSPS) is 27.3. The Labute approximate surface area is 202 Å². The van der Waals surface area contributed by atoms with Crippen molar-refractivity contribution in [3.05, 3.63) is 48.0 Å². The third kappa shape index (κ3) is 5.35. The SMILES string of the molecule is CCOC(=O)[C@H]1[C@H]2C(=O)N([C@@H](CO)Cc3ccccc3)[C@H](C(=O)NC(C)(C)C)[C@H]2C=C[C@H]1CC. The molecule has 1 aliphatic carbocycles. The number of hydrogen-bond donors (Lipinski definition) is 2. The van der Waals surface area contributed by atoms with Gasteiger partial charge in [0.15, 0.2) is 0 Å². The van der Waals surface area contributed by atoms with Crippen LogP contribution in [0.4, 0.5) is 0 Å². The van der Waals surface area contributed by atoms with Gasteiger partial charge in [0.05, 0.1) is 31.1 Å². The first-order valence-corrected chi connectivity index (χ1v) is 12.3. The summed E-state index contributed by atoms with van der Waals surface area (Å²) in [6, 6.07) is 8.20. The maximum Gasteiger partial charge on any atom is 0.310 e. The molecule has 7 nitrogen and oxygen atoms in total. The Kier molecular flexibility index (Phi) is 8.18. The number of ether oxygens (including phenoxy) is 1. The second-order valence-electron chi connectivity index (χ2n) is 10.3. The molecular weight excluding hydrogens is 432 g/mol. The number of aliphatic hydroxyl groups excluding tert-OH is 1. The summed E-state index contributed by atoms with van der Waals surface area (Å²) in [7, 11) is 0. The fraction of sp³-hybridized carbons (Fsp3) is 0.593. The van der Waals surface area contributed by atoms with Crippen LogP contribution in [0.3, 0.4) is 0 Å². The summed E-state index contributed by atoms with van der Waals surface area (Å²) in [5.41, 5.74) is 0.464. The second kappa shape index (κ2) is 10.7. The smallest absolute Gasteiger partial charge is 0.310 e. The van der Waals surface area contributed by atoms with Gasteiger partial charge in [0, 0.05) is 11.5 Å². The molecule has 6 atom stereocenters. The average molecular weight is 471 g/mol. The largest absolute Gasteiger partial charge is 0.466 e. The van der Waals surface area contributed by atoms with Crippen molar-refractivity contribution in [3.63, 3.8) is 0 Å². The van der Waals surface area contributed by atoms with E-state index < -0.39 is 41.3 Å². The molecule has 1 saturated heterocycles. The molecule has 3 rings (SSSR count). The molecule has 0 spiro atoms. The van der Waals surface area contributed by atoms with E-state index in [1.165, 1.54) is 4.90 Å². The summed E-state index contributed by atoms with van der Waals surface area (Å²) in [4.78, 5) is 42.1. The Morgan fingerprint density at radius 2 is 1.82 bits per heavy atom. The molecule has 2 aliphatic rings. The predicted octanol–water partition coefficient (Wildman–Crippen LogP) is 2.72. The van der Waals surface area contributed by atoms with Crippen molar-refractivity contribution in [3.8, 4) is 0 Å². The maximum absolute atomic E-state index is 14.0. The molecule has 2 amide bonds. The molecule has 2 N–H and O–H groups in total. The van der Waals surface area contributed by atoms with Gasteiger partial charge in [0.25, 0.3) is 0 Å². The maximum atomic E-state index is 14.0. The fourth-order valence-electron chi connectivity index (χ4n) is 5.37. The highest BCUT2D eigenvalue weighted by Gasteiger charge is 2.59. The number of rotatable bonds is 8. The van der Waals surface area contributed by atoms with E-state index in [-0.39, 0.29) is 30.9 Å². The molecule has 7 heteroatoms. The van der Waals surface area contributed by atoms with Crippen molar-refractivity contribution in [2.45, 2.75) is 65.1 Å². The van der Waals surface area contributed by atoms with E-state index in [9.17, 15) is 19.5 Å². The van der Waals surface area contributed by atoms with Crippen LogP contribution in [0.25, 0.3) is 0 Å². The van der Waals surface area contributed by atoms with E-state index in [0.29, 0.717) is 12.8 Å². The molecule has 1 aromatic rings.